The molecule has 4 saturated carbocycles. The second-order valence-corrected chi connectivity index (χ2v) is 8.09. The zero-order valence-electron chi connectivity index (χ0n) is 12.3. The highest BCUT2D eigenvalue weighted by Crippen LogP contribution is 2.57. The Morgan fingerprint density at radius 1 is 0.947 bits per heavy atom. The first-order chi connectivity index (χ1) is 9.28. The summed E-state index contributed by atoms with van der Waals surface area (Å²) in [7, 11) is 0. The van der Waals surface area contributed by atoms with Gasteiger partial charge in [0.05, 0.1) is 0 Å². The van der Waals surface area contributed by atoms with Gasteiger partial charge in [0.2, 0.25) is 0 Å². The summed E-state index contributed by atoms with van der Waals surface area (Å²) >= 11 is 0. The fourth-order valence-electron chi connectivity index (χ4n) is 6.14. The lowest BCUT2D eigenvalue weighted by molar-refractivity contribution is -0.0431. The Balaban J connectivity index is 1.33. The molecule has 5 fully saturated rings. The van der Waals surface area contributed by atoms with Gasteiger partial charge in [0.15, 0.2) is 0 Å². The van der Waals surface area contributed by atoms with Gasteiger partial charge in [0.1, 0.15) is 0 Å². The second-order valence-electron chi connectivity index (χ2n) is 8.09. The molecule has 0 spiro atoms. The van der Waals surface area contributed by atoms with Crippen LogP contribution in [0.1, 0.15) is 51.4 Å². The van der Waals surface area contributed by atoms with Crippen molar-refractivity contribution < 1.29 is 0 Å². The van der Waals surface area contributed by atoms with Crippen molar-refractivity contribution in [3.05, 3.63) is 0 Å². The van der Waals surface area contributed by atoms with Crippen molar-refractivity contribution in [1.82, 2.24) is 4.90 Å². The Morgan fingerprint density at radius 2 is 1.63 bits per heavy atom. The molecule has 1 aliphatic heterocycles. The molecule has 4 aliphatic carbocycles. The summed E-state index contributed by atoms with van der Waals surface area (Å²) in [6, 6.07) is 0.451. The van der Waals surface area contributed by atoms with Crippen molar-refractivity contribution in [2.24, 2.45) is 35.3 Å². The van der Waals surface area contributed by atoms with Gasteiger partial charge in [-0.15, -0.1) is 0 Å². The minimum absolute atomic E-state index is 0.451. The van der Waals surface area contributed by atoms with Crippen molar-refractivity contribution in [2.75, 3.05) is 19.6 Å². The SMILES string of the molecule is NC1CCCN(CCC2C3CC4CC(C3)CC2C4)C1. The van der Waals surface area contributed by atoms with Gasteiger partial charge < -0.3 is 10.6 Å². The molecule has 1 heterocycles. The number of nitrogens with zero attached hydrogens (tertiary/aromatic N) is 1. The lowest BCUT2D eigenvalue weighted by atomic mass is 9.51. The first-order valence-corrected chi connectivity index (χ1v) is 8.76. The van der Waals surface area contributed by atoms with E-state index in [0.717, 1.165) is 36.1 Å². The van der Waals surface area contributed by atoms with Crippen LogP contribution in [0.15, 0.2) is 0 Å². The van der Waals surface area contributed by atoms with Crippen LogP contribution in [0.25, 0.3) is 0 Å². The highest BCUT2D eigenvalue weighted by Gasteiger charge is 2.47. The molecule has 1 atom stereocenters. The van der Waals surface area contributed by atoms with Gasteiger partial charge in [0.25, 0.3) is 0 Å². The fourth-order valence-corrected chi connectivity index (χ4v) is 6.14. The largest absolute Gasteiger partial charge is 0.327 e. The molecule has 0 aromatic rings. The molecule has 0 radical (unpaired) electrons. The highest BCUT2D eigenvalue weighted by molar-refractivity contribution is 4.98. The van der Waals surface area contributed by atoms with Gasteiger partial charge in [-0.2, -0.15) is 0 Å². The van der Waals surface area contributed by atoms with E-state index in [1.54, 1.807) is 32.1 Å². The summed E-state index contributed by atoms with van der Waals surface area (Å²) in [5.74, 6) is 5.54. The van der Waals surface area contributed by atoms with Gasteiger partial charge in [0, 0.05) is 12.6 Å². The number of piperidine rings is 1. The Morgan fingerprint density at radius 3 is 2.26 bits per heavy atom. The molecule has 2 nitrogen and oxygen atoms in total. The summed E-state index contributed by atoms with van der Waals surface area (Å²) < 4.78 is 0. The molecule has 1 saturated heterocycles. The summed E-state index contributed by atoms with van der Waals surface area (Å²) in [6.45, 7) is 3.80. The molecule has 2 heteroatoms. The van der Waals surface area contributed by atoms with E-state index in [1.807, 2.05) is 0 Å². The van der Waals surface area contributed by atoms with Crippen molar-refractivity contribution in [3.8, 4) is 0 Å². The van der Waals surface area contributed by atoms with Gasteiger partial charge >= 0.3 is 0 Å². The fraction of sp³-hybridized carbons (Fsp3) is 1.00. The van der Waals surface area contributed by atoms with E-state index < -0.39 is 0 Å². The maximum atomic E-state index is 6.11. The molecule has 108 valence electrons. The number of likely N-dealkylation sites (tertiary alicyclic amines) is 1. The van der Waals surface area contributed by atoms with Crippen LogP contribution in [0.3, 0.4) is 0 Å². The molecule has 0 aromatic heterocycles. The van der Waals surface area contributed by atoms with E-state index in [-0.39, 0.29) is 0 Å². The van der Waals surface area contributed by atoms with Crippen LogP contribution in [-0.4, -0.2) is 30.6 Å². The zero-order valence-corrected chi connectivity index (χ0v) is 12.3. The third-order valence-electron chi connectivity index (χ3n) is 6.74. The Kier molecular flexibility index (Phi) is 3.35. The van der Waals surface area contributed by atoms with E-state index in [9.17, 15) is 0 Å². The molecule has 19 heavy (non-hydrogen) atoms. The van der Waals surface area contributed by atoms with Crippen molar-refractivity contribution in [2.45, 2.75) is 57.4 Å². The topological polar surface area (TPSA) is 29.3 Å². The average molecular weight is 262 g/mol. The molecule has 1 unspecified atom stereocenters. The van der Waals surface area contributed by atoms with Crippen LogP contribution in [0.4, 0.5) is 0 Å². The third kappa shape index (κ3) is 2.47. The molecular formula is C17H30N2. The summed E-state index contributed by atoms with van der Waals surface area (Å²) in [5.41, 5.74) is 6.11. The van der Waals surface area contributed by atoms with E-state index in [1.165, 1.54) is 32.4 Å². The maximum Gasteiger partial charge on any atom is 0.0168 e. The van der Waals surface area contributed by atoms with Gasteiger partial charge in [-0.3, -0.25) is 0 Å². The quantitative estimate of drug-likeness (QED) is 0.847. The lowest BCUT2D eigenvalue weighted by Crippen LogP contribution is -2.47. The van der Waals surface area contributed by atoms with Crippen LogP contribution in [-0.2, 0) is 0 Å². The van der Waals surface area contributed by atoms with E-state index in [2.05, 4.69) is 4.90 Å². The Bertz CT molecular complexity index is 299. The Labute approximate surface area is 118 Å². The Hall–Kier alpha value is -0.0800. The zero-order chi connectivity index (χ0) is 12.8. The second kappa shape index (κ2) is 5.04. The van der Waals surface area contributed by atoms with Gasteiger partial charge in [-0.25, -0.2) is 0 Å². The smallest absolute Gasteiger partial charge is 0.0168 e. The standard InChI is InChI=1S/C17H30N2/c18-16-2-1-4-19(11-16)5-3-17-14-7-12-6-13(9-14)10-15(17)8-12/h12-17H,1-11,18H2. The molecular weight excluding hydrogens is 232 g/mol. The lowest BCUT2D eigenvalue weighted by Gasteiger charge is -2.55. The van der Waals surface area contributed by atoms with Crippen LogP contribution >= 0.6 is 0 Å². The number of hydrogen-bond acceptors (Lipinski definition) is 2. The third-order valence-corrected chi connectivity index (χ3v) is 6.74. The molecule has 0 amide bonds. The minimum Gasteiger partial charge on any atom is -0.327 e. The minimum atomic E-state index is 0.451. The first kappa shape index (κ1) is 12.6. The molecule has 2 N–H and O–H groups in total. The number of nitrogens with two attached hydrogens (primary N) is 1. The van der Waals surface area contributed by atoms with Crippen LogP contribution < -0.4 is 5.73 Å². The van der Waals surface area contributed by atoms with Crippen LogP contribution in [0.2, 0.25) is 0 Å². The first-order valence-electron chi connectivity index (χ1n) is 8.76. The van der Waals surface area contributed by atoms with E-state index in [0.29, 0.717) is 6.04 Å². The van der Waals surface area contributed by atoms with Crippen molar-refractivity contribution in [1.29, 1.82) is 0 Å². The molecule has 4 bridgehead atoms. The normalized spacial score (nSPS) is 49.7. The molecule has 5 aliphatic rings. The monoisotopic (exact) mass is 262 g/mol. The highest BCUT2D eigenvalue weighted by atomic mass is 15.1. The van der Waals surface area contributed by atoms with Crippen LogP contribution in [0.5, 0.6) is 0 Å². The predicted octanol–water partition coefficient (Wildman–Crippen LogP) is 2.87. The van der Waals surface area contributed by atoms with Crippen LogP contribution in [0, 0.1) is 29.6 Å². The summed E-state index contributed by atoms with van der Waals surface area (Å²) in [6.07, 6.45) is 11.9. The summed E-state index contributed by atoms with van der Waals surface area (Å²) in [4.78, 5) is 2.65. The van der Waals surface area contributed by atoms with E-state index >= 15 is 0 Å². The van der Waals surface area contributed by atoms with Crippen molar-refractivity contribution in [3.63, 3.8) is 0 Å². The maximum absolute atomic E-state index is 6.11. The predicted molar refractivity (Wildman–Crippen MR) is 78.8 cm³/mol. The molecule has 0 aromatic carbocycles. The van der Waals surface area contributed by atoms with Gasteiger partial charge in [-0.1, -0.05) is 0 Å². The van der Waals surface area contributed by atoms with Gasteiger partial charge in [-0.05, 0) is 94.0 Å². The summed E-state index contributed by atoms with van der Waals surface area (Å²) in [5, 5.41) is 0. The number of rotatable bonds is 3. The van der Waals surface area contributed by atoms with Crippen molar-refractivity contribution >= 4 is 0 Å². The average Bonchev–Trinajstić information content (AvgIpc) is 2.37. The number of hydrogen-bond donors (Lipinski definition) is 1. The molecule has 5 rings (SSSR count). The van der Waals surface area contributed by atoms with E-state index in [4.69, 9.17) is 5.73 Å².